The van der Waals surface area contributed by atoms with Crippen molar-refractivity contribution in [3.05, 3.63) is 29.3 Å². The van der Waals surface area contributed by atoms with Crippen molar-refractivity contribution in [2.24, 2.45) is 11.7 Å². The number of nitrogens with two attached hydrogens (primary N) is 1. The van der Waals surface area contributed by atoms with Gasteiger partial charge in [-0.2, -0.15) is 0 Å². The molecule has 0 saturated carbocycles. The summed E-state index contributed by atoms with van der Waals surface area (Å²) in [5, 5.41) is 0. The Morgan fingerprint density at radius 2 is 1.95 bits per heavy atom. The number of nitrogens with zero attached hydrogens (tertiary/aromatic N) is 1. The molecule has 1 rings (SSSR count). The van der Waals surface area contributed by atoms with Gasteiger partial charge in [0.05, 0.1) is 0 Å². The summed E-state index contributed by atoms with van der Waals surface area (Å²) in [6.07, 6.45) is 0. The molecule has 0 aromatic heterocycles. The van der Waals surface area contributed by atoms with Crippen LogP contribution in [0.2, 0.25) is 0 Å². The van der Waals surface area contributed by atoms with Crippen LogP contribution in [0.15, 0.2) is 18.2 Å². The summed E-state index contributed by atoms with van der Waals surface area (Å²) in [4.78, 5) is 13.9. The van der Waals surface area contributed by atoms with Gasteiger partial charge in [0.25, 0.3) is 0 Å². The maximum Gasteiger partial charge on any atom is 0.230 e. The van der Waals surface area contributed by atoms with Crippen LogP contribution in [-0.2, 0) is 10.2 Å². The second-order valence-electron chi connectivity index (χ2n) is 6.29. The molecule has 1 atom stereocenters. The van der Waals surface area contributed by atoms with E-state index in [1.165, 1.54) is 5.56 Å². The number of hydrogen-bond donors (Lipinski definition) is 1. The molecule has 0 heterocycles. The van der Waals surface area contributed by atoms with Crippen molar-refractivity contribution < 1.29 is 4.79 Å². The summed E-state index contributed by atoms with van der Waals surface area (Å²) in [6, 6.07) is 6.28. The number of benzene rings is 1. The first-order chi connectivity index (χ1) is 8.68. The van der Waals surface area contributed by atoms with E-state index < -0.39 is 0 Å². The molecule has 2 N–H and O–H groups in total. The monoisotopic (exact) mass is 262 g/mol. The van der Waals surface area contributed by atoms with Crippen molar-refractivity contribution in [3.8, 4) is 0 Å². The standard InChI is InChI=1S/C16H26N2O/c1-11-9-13(16(3,4)5)7-8-14(11)18(6)15(19)12(2)10-17/h7-9,12H,10,17H2,1-6H3. The van der Waals surface area contributed by atoms with E-state index in [2.05, 4.69) is 32.9 Å². The summed E-state index contributed by atoms with van der Waals surface area (Å²) in [7, 11) is 1.81. The van der Waals surface area contributed by atoms with E-state index in [0.29, 0.717) is 6.54 Å². The molecule has 0 spiro atoms. The molecule has 3 nitrogen and oxygen atoms in total. The normalized spacial score (nSPS) is 13.2. The minimum Gasteiger partial charge on any atom is -0.330 e. The van der Waals surface area contributed by atoms with Crippen LogP contribution in [0, 0.1) is 12.8 Å². The number of anilines is 1. The van der Waals surface area contributed by atoms with Gasteiger partial charge >= 0.3 is 0 Å². The third kappa shape index (κ3) is 3.57. The molecule has 0 radical (unpaired) electrons. The Balaban J connectivity index is 3.06. The zero-order valence-electron chi connectivity index (χ0n) is 12.9. The predicted molar refractivity (Wildman–Crippen MR) is 81.5 cm³/mol. The van der Waals surface area contributed by atoms with Crippen LogP contribution in [0.1, 0.15) is 38.8 Å². The quantitative estimate of drug-likeness (QED) is 0.910. The Morgan fingerprint density at radius 3 is 2.37 bits per heavy atom. The lowest BCUT2D eigenvalue weighted by atomic mass is 9.86. The number of carbonyl (C=O) groups excluding carboxylic acids is 1. The van der Waals surface area contributed by atoms with Crippen molar-refractivity contribution in [1.82, 2.24) is 0 Å². The lowest BCUT2D eigenvalue weighted by molar-refractivity contribution is -0.121. The zero-order valence-corrected chi connectivity index (χ0v) is 12.9. The summed E-state index contributed by atoms with van der Waals surface area (Å²) >= 11 is 0. The van der Waals surface area contributed by atoms with E-state index in [-0.39, 0.29) is 17.2 Å². The van der Waals surface area contributed by atoms with E-state index in [4.69, 9.17) is 5.73 Å². The Morgan fingerprint density at radius 1 is 1.37 bits per heavy atom. The second kappa shape index (κ2) is 5.74. The van der Waals surface area contributed by atoms with E-state index in [0.717, 1.165) is 11.3 Å². The number of hydrogen-bond acceptors (Lipinski definition) is 2. The fraction of sp³-hybridized carbons (Fsp3) is 0.562. The summed E-state index contributed by atoms with van der Waals surface area (Å²) in [5.74, 6) is -0.0826. The minimum atomic E-state index is -0.147. The van der Waals surface area contributed by atoms with Gasteiger partial charge in [0.15, 0.2) is 0 Å². The van der Waals surface area contributed by atoms with Crippen molar-refractivity contribution in [2.45, 2.75) is 40.0 Å². The molecule has 0 aliphatic carbocycles. The smallest absolute Gasteiger partial charge is 0.230 e. The Bertz CT molecular complexity index is 460. The average molecular weight is 262 g/mol. The average Bonchev–Trinajstić information content (AvgIpc) is 2.34. The van der Waals surface area contributed by atoms with E-state index >= 15 is 0 Å². The van der Waals surface area contributed by atoms with Crippen molar-refractivity contribution in [2.75, 3.05) is 18.5 Å². The van der Waals surface area contributed by atoms with Gasteiger partial charge in [-0.05, 0) is 29.5 Å². The molecule has 1 unspecified atom stereocenters. The molecule has 0 aliphatic heterocycles. The van der Waals surface area contributed by atoms with Gasteiger partial charge in [0.2, 0.25) is 5.91 Å². The highest BCUT2D eigenvalue weighted by Gasteiger charge is 2.20. The molecule has 106 valence electrons. The highest BCUT2D eigenvalue weighted by molar-refractivity contribution is 5.95. The lowest BCUT2D eigenvalue weighted by Gasteiger charge is -2.25. The molecule has 0 saturated heterocycles. The lowest BCUT2D eigenvalue weighted by Crippen LogP contribution is -2.35. The Hall–Kier alpha value is -1.35. The maximum atomic E-state index is 12.2. The van der Waals surface area contributed by atoms with Crippen LogP contribution >= 0.6 is 0 Å². The third-order valence-electron chi connectivity index (χ3n) is 3.53. The third-order valence-corrected chi connectivity index (χ3v) is 3.53. The first-order valence-corrected chi connectivity index (χ1v) is 6.77. The highest BCUT2D eigenvalue weighted by atomic mass is 16.2. The maximum absolute atomic E-state index is 12.2. The molecule has 0 bridgehead atoms. The van der Waals surface area contributed by atoms with Crippen molar-refractivity contribution >= 4 is 11.6 Å². The molecule has 3 heteroatoms. The summed E-state index contributed by atoms with van der Waals surface area (Å²) < 4.78 is 0. The summed E-state index contributed by atoms with van der Waals surface area (Å²) in [5.41, 5.74) is 9.04. The molecule has 0 fully saturated rings. The fourth-order valence-corrected chi connectivity index (χ4v) is 2.05. The van der Waals surface area contributed by atoms with Crippen LogP contribution in [0.5, 0.6) is 0 Å². The SMILES string of the molecule is Cc1cc(C(C)(C)C)ccc1N(C)C(=O)C(C)CN. The molecule has 1 aromatic carbocycles. The largest absolute Gasteiger partial charge is 0.330 e. The topological polar surface area (TPSA) is 46.3 Å². The van der Waals surface area contributed by atoms with Gasteiger partial charge in [-0.3, -0.25) is 4.79 Å². The van der Waals surface area contributed by atoms with Crippen LogP contribution in [0.4, 0.5) is 5.69 Å². The molecular formula is C16H26N2O. The zero-order chi connectivity index (χ0) is 14.8. The van der Waals surface area contributed by atoms with Gasteiger partial charge in [-0.15, -0.1) is 0 Å². The van der Waals surface area contributed by atoms with Gasteiger partial charge in [-0.25, -0.2) is 0 Å². The molecule has 1 amide bonds. The minimum absolute atomic E-state index is 0.0640. The number of rotatable bonds is 3. The molecule has 1 aromatic rings. The molecular weight excluding hydrogens is 236 g/mol. The van der Waals surface area contributed by atoms with Gasteiger partial charge in [-0.1, -0.05) is 39.8 Å². The fourth-order valence-electron chi connectivity index (χ4n) is 2.05. The second-order valence-corrected chi connectivity index (χ2v) is 6.29. The van der Waals surface area contributed by atoms with Crippen LogP contribution in [0.25, 0.3) is 0 Å². The summed E-state index contributed by atoms with van der Waals surface area (Å²) in [6.45, 7) is 10.8. The van der Waals surface area contributed by atoms with E-state index in [1.54, 1.807) is 4.90 Å². The van der Waals surface area contributed by atoms with Gasteiger partial charge in [0.1, 0.15) is 0 Å². The Labute approximate surface area is 116 Å². The van der Waals surface area contributed by atoms with Crippen molar-refractivity contribution in [1.29, 1.82) is 0 Å². The van der Waals surface area contributed by atoms with Crippen LogP contribution < -0.4 is 10.6 Å². The van der Waals surface area contributed by atoms with Gasteiger partial charge < -0.3 is 10.6 Å². The first-order valence-electron chi connectivity index (χ1n) is 6.77. The number of carbonyl (C=O) groups is 1. The molecule has 0 aliphatic rings. The predicted octanol–water partition coefficient (Wildman–Crippen LogP) is 2.85. The van der Waals surface area contributed by atoms with Gasteiger partial charge in [0, 0.05) is 25.2 Å². The number of aryl methyl sites for hydroxylation is 1. The molecule has 19 heavy (non-hydrogen) atoms. The van der Waals surface area contributed by atoms with Crippen LogP contribution in [-0.4, -0.2) is 19.5 Å². The van der Waals surface area contributed by atoms with E-state index in [9.17, 15) is 4.79 Å². The number of amides is 1. The van der Waals surface area contributed by atoms with Crippen LogP contribution in [0.3, 0.4) is 0 Å². The highest BCUT2D eigenvalue weighted by Crippen LogP contribution is 2.28. The van der Waals surface area contributed by atoms with Crippen molar-refractivity contribution in [3.63, 3.8) is 0 Å². The first kappa shape index (κ1) is 15.7. The van der Waals surface area contributed by atoms with E-state index in [1.807, 2.05) is 27.0 Å². The Kier molecular flexibility index (Phi) is 4.75.